The molecule has 1 saturated heterocycles. The lowest BCUT2D eigenvalue weighted by molar-refractivity contribution is 0.440. The average molecular weight is 377 g/mol. The van der Waals surface area contributed by atoms with Crippen molar-refractivity contribution in [1.82, 2.24) is 14.5 Å². The van der Waals surface area contributed by atoms with Crippen molar-refractivity contribution in [2.75, 3.05) is 57.5 Å². The molecule has 0 unspecified atom stereocenters. The molecule has 1 N–H and O–H groups in total. The molecular formula is C16H32N4O2S2. The van der Waals surface area contributed by atoms with Gasteiger partial charge in [-0.2, -0.15) is 11.8 Å². The molecule has 6 nitrogen and oxygen atoms in total. The molecule has 24 heavy (non-hydrogen) atoms. The molecule has 0 bridgehead atoms. The van der Waals surface area contributed by atoms with Gasteiger partial charge in [-0.15, -0.1) is 6.58 Å². The second-order valence-electron chi connectivity index (χ2n) is 5.86. The number of unbranched alkanes of at least 4 members (excludes halogenated alkanes) is 3. The highest BCUT2D eigenvalue weighted by molar-refractivity contribution is 7.99. The highest BCUT2D eigenvalue weighted by Gasteiger charge is 2.23. The lowest BCUT2D eigenvalue weighted by atomic mass is 10.2. The van der Waals surface area contributed by atoms with Crippen molar-refractivity contribution in [2.45, 2.75) is 25.7 Å². The largest absolute Gasteiger partial charge is 0.355 e. The van der Waals surface area contributed by atoms with Crippen molar-refractivity contribution in [1.29, 1.82) is 0 Å². The van der Waals surface area contributed by atoms with E-state index in [1.165, 1.54) is 0 Å². The van der Waals surface area contributed by atoms with Gasteiger partial charge in [0.15, 0.2) is 5.96 Å². The molecule has 0 atom stereocenters. The van der Waals surface area contributed by atoms with Crippen LogP contribution in [0.3, 0.4) is 0 Å². The second-order valence-corrected chi connectivity index (χ2v) is 9.17. The van der Waals surface area contributed by atoms with Gasteiger partial charge in [0, 0.05) is 51.8 Å². The fourth-order valence-corrected chi connectivity index (χ4v) is 5.04. The van der Waals surface area contributed by atoms with Crippen LogP contribution in [0.25, 0.3) is 0 Å². The third-order valence-electron chi connectivity index (χ3n) is 3.98. The Hall–Kier alpha value is -0.730. The van der Waals surface area contributed by atoms with Crippen molar-refractivity contribution in [3.05, 3.63) is 12.7 Å². The van der Waals surface area contributed by atoms with E-state index in [9.17, 15) is 8.42 Å². The summed E-state index contributed by atoms with van der Waals surface area (Å²) >= 11 is 1.81. The summed E-state index contributed by atoms with van der Waals surface area (Å²) in [6.07, 6.45) is 6.43. The van der Waals surface area contributed by atoms with Gasteiger partial charge in [-0.05, 0) is 19.3 Å². The zero-order valence-corrected chi connectivity index (χ0v) is 16.7. The zero-order chi connectivity index (χ0) is 17.8. The highest BCUT2D eigenvalue weighted by Crippen LogP contribution is 2.13. The molecule has 0 amide bonds. The first-order valence-electron chi connectivity index (χ1n) is 8.59. The van der Waals surface area contributed by atoms with Crippen LogP contribution in [0, 0.1) is 0 Å². The molecule has 140 valence electrons. The van der Waals surface area contributed by atoms with Gasteiger partial charge in [0.1, 0.15) is 0 Å². The molecule has 0 aromatic heterocycles. The van der Waals surface area contributed by atoms with E-state index >= 15 is 0 Å². The third-order valence-corrected chi connectivity index (χ3v) is 6.80. The fraction of sp³-hybridized carbons (Fsp3) is 0.812. The van der Waals surface area contributed by atoms with Crippen molar-refractivity contribution < 1.29 is 8.42 Å². The van der Waals surface area contributed by atoms with Gasteiger partial charge in [-0.25, -0.2) is 12.7 Å². The van der Waals surface area contributed by atoms with Gasteiger partial charge in [-0.1, -0.05) is 12.5 Å². The van der Waals surface area contributed by atoms with Gasteiger partial charge in [0.2, 0.25) is 10.0 Å². The molecule has 0 spiro atoms. The monoisotopic (exact) mass is 376 g/mol. The van der Waals surface area contributed by atoms with E-state index in [1.807, 2.05) is 24.9 Å². The highest BCUT2D eigenvalue weighted by atomic mass is 32.2. The lowest BCUT2D eigenvalue weighted by Crippen LogP contribution is -2.44. The van der Waals surface area contributed by atoms with Crippen molar-refractivity contribution in [2.24, 2.45) is 4.99 Å². The molecule has 0 radical (unpaired) electrons. The second kappa shape index (κ2) is 11.8. The van der Waals surface area contributed by atoms with Crippen LogP contribution in [0.5, 0.6) is 0 Å². The summed E-state index contributed by atoms with van der Waals surface area (Å²) < 4.78 is 26.2. The molecule has 1 fully saturated rings. The van der Waals surface area contributed by atoms with Gasteiger partial charge < -0.3 is 10.2 Å². The van der Waals surface area contributed by atoms with Crippen LogP contribution < -0.4 is 5.32 Å². The van der Waals surface area contributed by atoms with E-state index in [1.54, 1.807) is 11.4 Å². The zero-order valence-electron chi connectivity index (χ0n) is 15.0. The number of rotatable bonds is 10. The van der Waals surface area contributed by atoms with E-state index < -0.39 is 10.0 Å². The third kappa shape index (κ3) is 7.90. The van der Waals surface area contributed by atoms with Crippen molar-refractivity contribution >= 4 is 27.7 Å². The maximum atomic E-state index is 12.3. The smallest absolute Gasteiger partial charge is 0.215 e. The topological polar surface area (TPSA) is 65.0 Å². The molecule has 1 aliphatic heterocycles. The van der Waals surface area contributed by atoms with Crippen LogP contribution in [0.2, 0.25) is 0 Å². The van der Waals surface area contributed by atoms with Crippen LogP contribution in [0.1, 0.15) is 25.7 Å². The summed E-state index contributed by atoms with van der Waals surface area (Å²) in [6, 6.07) is 0. The first-order chi connectivity index (χ1) is 11.5. The molecule has 0 aromatic rings. The summed E-state index contributed by atoms with van der Waals surface area (Å²) in [4.78, 5) is 6.29. The summed E-state index contributed by atoms with van der Waals surface area (Å²) in [7, 11) is 0.549. The molecule has 1 rings (SSSR count). The van der Waals surface area contributed by atoms with E-state index in [-0.39, 0.29) is 5.75 Å². The van der Waals surface area contributed by atoms with Gasteiger partial charge in [-0.3, -0.25) is 4.99 Å². The molecule has 8 heteroatoms. The summed E-state index contributed by atoms with van der Waals surface area (Å²) in [6.45, 7) is 6.29. The van der Waals surface area contributed by atoms with Crippen LogP contribution in [0.4, 0.5) is 0 Å². The minimum absolute atomic E-state index is 0.115. The Kier molecular flexibility index (Phi) is 10.4. The number of thioether (sulfide) groups is 1. The predicted molar refractivity (Wildman–Crippen MR) is 105 cm³/mol. The number of sulfonamides is 1. The van der Waals surface area contributed by atoms with E-state index in [2.05, 4.69) is 21.8 Å². The predicted octanol–water partition coefficient (Wildman–Crippen LogP) is 1.62. The Bertz CT molecular complexity index is 488. The number of nitrogens with zero attached hydrogens (tertiary/aromatic N) is 3. The molecular weight excluding hydrogens is 344 g/mol. The SMILES string of the molecule is C=CCCCCCN(C)C(=NC)NCCS(=O)(=O)N1CCSCC1. The lowest BCUT2D eigenvalue weighted by Gasteiger charge is -2.26. The number of hydrogen-bond donors (Lipinski definition) is 1. The van der Waals surface area contributed by atoms with Crippen LogP contribution in [0.15, 0.2) is 17.6 Å². The number of allylic oxidation sites excluding steroid dienone is 1. The normalized spacial score (nSPS) is 16.8. The van der Waals surface area contributed by atoms with Gasteiger partial charge >= 0.3 is 0 Å². The quantitative estimate of drug-likeness (QED) is 0.272. The Morgan fingerprint density at radius 1 is 1.33 bits per heavy atom. The van der Waals surface area contributed by atoms with Gasteiger partial charge in [0.25, 0.3) is 0 Å². The Labute approximate surface area is 151 Å². The maximum Gasteiger partial charge on any atom is 0.215 e. The number of guanidine groups is 1. The number of aliphatic imine (C=N–C) groups is 1. The average Bonchev–Trinajstić information content (AvgIpc) is 2.59. The number of hydrogen-bond acceptors (Lipinski definition) is 4. The summed E-state index contributed by atoms with van der Waals surface area (Å²) in [5.41, 5.74) is 0. The van der Waals surface area contributed by atoms with Crippen molar-refractivity contribution in [3.8, 4) is 0 Å². The molecule has 0 aromatic carbocycles. The van der Waals surface area contributed by atoms with E-state index in [4.69, 9.17) is 0 Å². The molecule has 1 heterocycles. The van der Waals surface area contributed by atoms with E-state index in [0.717, 1.165) is 49.7 Å². The standard InChI is InChI=1S/C16H32N4O2S2/c1-4-5-6-7-8-10-19(3)16(17-2)18-9-15-24(21,22)20-11-13-23-14-12-20/h4H,1,5-15H2,2-3H3,(H,17,18). The summed E-state index contributed by atoms with van der Waals surface area (Å²) in [5, 5.41) is 3.17. The minimum atomic E-state index is -3.17. The number of nitrogens with one attached hydrogen (secondary N) is 1. The Morgan fingerprint density at radius 2 is 2.04 bits per heavy atom. The fourth-order valence-electron chi connectivity index (χ4n) is 2.55. The molecule has 1 aliphatic rings. The van der Waals surface area contributed by atoms with Crippen molar-refractivity contribution in [3.63, 3.8) is 0 Å². The van der Waals surface area contributed by atoms with Gasteiger partial charge in [0.05, 0.1) is 5.75 Å². The molecule has 0 aliphatic carbocycles. The maximum absolute atomic E-state index is 12.3. The van der Waals surface area contributed by atoms with Crippen LogP contribution in [-0.4, -0.2) is 81.1 Å². The first-order valence-corrected chi connectivity index (χ1v) is 11.4. The summed E-state index contributed by atoms with van der Waals surface area (Å²) in [5.74, 6) is 2.65. The van der Waals surface area contributed by atoms with E-state index in [0.29, 0.717) is 19.6 Å². The first kappa shape index (κ1) is 21.3. The Balaban J connectivity index is 2.31. The minimum Gasteiger partial charge on any atom is -0.355 e. The molecule has 0 saturated carbocycles. The Morgan fingerprint density at radius 3 is 2.67 bits per heavy atom. The van der Waals surface area contributed by atoms with Crippen LogP contribution >= 0.6 is 11.8 Å². The van der Waals surface area contributed by atoms with Crippen LogP contribution in [-0.2, 0) is 10.0 Å².